The predicted molar refractivity (Wildman–Crippen MR) is 144 cm³/mol. The lowest BCUT2D eigenvalue weighted by atomic mass is 9.98. The predicted octanol–water partition coefficient (Wildman–Crippen LogP) is 6.27. The van der Waals surface area contributed by atoms with E-state index in [1.807, 2.05) is 54.6 Å². The maximum Gasteiger partial charge on any atom is 0.303 e. The fraction of sp³-hybridized carbons (Fsp3) is 0.214. The quantitative estimate of drug-likeness (QED) is 0.221. The molecule has 0 aliphatic rings. The van der Waals surface area contributed by atoms with Crippen molar-refractivity contribution in [1.29, 1.82) is 0 Å². The van der Waals surface area contributed by atoms with Crippen molar-refractivity contribution in [3.8, 4) is 5.88 Å². The summed E-state index contributed by atoms with van der Waals surface area (Å²) in [4.78, 5) is 21.2. The smallest absolute Gasteiger partial charge is 0.303 e. The number of carboxylic acid groups (broad SMARTS) is 1. The number of fused-ring (bicyclic) bond motifs is 1. The van der Waals surface area contributed by atoms with Crippen LogP contribution < -0.4 is 0 Å². The minimum absolute atomic E-state index is 0.0491. The molecule has 4 rings (SSSR count). The molecule has 0 unspecified atom stereocenters. The normalized spacial score (nSPS) is 11.9. The highest BCUT2D eigenvalue weighted by Crippen LogP contribution is 2.33. The monoisotopic (exact) mass is 533 g/mol. The summed E-state index contributed by atoms with van der Waals surface area (Å²) < 4.78 is 0.909. The summed E-state index contributed by atoms with van der Waals surface area (Å²) in [5.41, 5.74) is 5.82. The molecule has 1 aromatic heterocycles. The number of halogens is 1. The van der Waals surface area contributed by atoms with Crippen molar-refractivity contribution >= 4 is 44.2 Å². The van der Waals surface area contributed by atoms with Crippen LogP contribution in [0.2, 0.25) is 0 Å². The summed E-state index contributed by atoms with van der Waals surface area (Å²) in [7, 11) is 2.09. The van der Waals surface area contributed by atoms with Gasteiger partial charge in [0.15, 0.2) is 5.88 Å². The molecule has 0 saturated heterocycles. The van der Waals surface area contributed by atoms with E-state index in [-0.39, 0.29) is 12.3 Å². The third-order valence-electron chi connectivity index (χ3n) is 6.00. The van der Waals surface area contributed by atoms with Crippen molar-refractivity contribution in [2.24, 2.45) is 4.99 Å². The highest BCUT2D eigenvalue weighted by Gasteiger charge is 2.19. The van der Waals surface area contributed by atoms with Gasteiger partial charge >= 0.3 is 5.97 Å². The average Bonchev–Trinajstić information content (AvgIpc) is 3.17. The van der Waals surface area contributed by atoms with Crippen LogP contribution in [-0.4, -0.2) is 45.4 Å². The van der Waals surface area contributed by atoms with Gasteiger partial charge in [-0.25, -0.2) is 4.99 Å². The van der Waals surface area contributed by atoms with Crippen molar-refractivity contribution < 1.29 is 15.0 Å². The van der Waals surface area contributed by atoms with E-state index >= 15 is 0 Å². The highest BCUT2D eigenvalue weighted by atomic mass is 79.9. The highest BCUT2D eigenvalue weighted by molar-refractivity contribution is 9.10. The van der Waals surface area contributed by atoms with Crippen LogP contribution in [0.25, 0.3) is 10.9 Å². The third-order valence-corrected chi connectivity index (χ3v) is 6.50. The molecule has 0 atom stereocenters. The Kier molecular flexibility index (Phi) is 7.68. The molecular weight excluding hydrogens is 506 g/mol. The number of rotatable bonds is 9. The first-order valence-corrected chi connectivity index (χ1v) is 12.3. The second-order valence-corrected chi connectivity index (χ2v) is 9.50. The first kappa shape index (κ1) is 24.7. The number of hydrogen-bond acceptors (Lipinski definition) is 4. The number of aromatic nitrogens is 1. The summed E-state index contributed by atoms with van der Waals surface area (Å²) in [5.74, 6) is -0.771. The molecule has 4 aromatic rings. The van der Waals surface area contributed by atoms with E-state index in [1.165, 1.54) is 5.56 Å². The Morgan fingerprint density at radius 3 is 2.37 bits per heavy atom. The molecule has 35 heavy (non-hydrogen) atoms. The second kappa shape index (κ2) is 10.9. The van der Waals surface area contributed by atoms with Gasteiger partial charge in [-0.15, -0.1) is 0 Å². The molecule has 0 bridgehead atoms. The first-order chi connectivity index (χ1) is 16.8. The molecule has 0 aliphatic carbocycles. The lowest BCUT2D eigenvalue weighted by Gasteiger charge is -2.14. The van der Waals surface area contributed by atoms with Gasteiger partial charge in [-0.1, -0.05) is 65.3 Å². The molecule has 3 aromatic carbocycles. The van der Waals surface area contributed by atoms with Crippen molar-refractivity contribution in [3.63, 3.8) is 0 Å². The largest absolute Gasteiger partial charge is 0.494 e. The van der Waals surface area contributed by atoms with Gasteiger partial charge in [-0.3, -0.25) is 4.79 Å². The zero-order valence-corrected chi connectivity index (χ0v) is 21.3. The van der Waals surface area contributed by atoms with Crippen LogP contribution in [-0.2, 0) is 17.8 Å². The maximum absolute atomic E-state index is 10.9. The zero-order valence-electron chi connectivity index (χ0n) is 19.8. The molecule has 0 aliphatic heterocycles. The lowest BCUT2D eigenvalue weighted by Crippen LogP contribution is -2.16. The number of H-pyrrole nitrogens is 1. The van der Waals surface area contributed by atoms with Crippen molar-refractivity contribution in [3.05, 3.63) is 93.5 Å². The number of carboxylic acids is 1. The Hall–Kier alpha value is -3.42. The van der Waals surface area contributed by atoms with Gasteiger partial charge in [-0.2, -0.15) is 0 Å². The van der Waals surface area contributed by atoms with E-state index in [1.54, 1.807) is 0 Å². The fourth-order valence-corrected chi connectivity index (χ4v) is 4.33. The number of aryl methyl sites for hydroxylation is 1. The number of carbonyl (C=O) groups is 1. The van der Waals surface area contributed by atoms with Gasteiger partial charge in [0.05, 0.1) is 22.5 Å². The number of nitrogens with zero attached hydrogens (tertiary/aromatic N) is 2. The van der Waals surface area contributed by atoms with Gasteiger partial charge in [0.2, 0.25) is 0 Å². The number of aromatic amines is 1. The van der Waals surface area contributed by atoms with Crippen LogP contribution in [0.1, 0.15) is 35.6 Å². The second-order valence-electron chi connectivity index (χ2n) is 8.59. The lowest BCUT2D eigenvalue weighted by molar-refractivity contribution is -0.136. The molecular formula is C28H28BrN3O3. The molecule has 1 heterocycles. The van der Waals surface area contributed by atoms with Crippen molar-refractivity contribution in [2.45, 2.75) is 26.3 Å². The Balaban J connectivity index is 1.77. The van der Waals surface area contributed by atoms with E-state index in [2.05, 4.69) is 51.9 Å². The molecule has 0 radical (unpaired) electrons. The minimum atomic E-state index is -0.820. The summed E-state index contributed by atoms with van der Waals surface area (Å²) in [6.45, 7) is 3.97. The number of nitrogens with one attached hydrogen (secondary N) is 1. The zero-order chi connectivity index (χ0) is 24.9. The van der Waals surface area contributed by atoms with Crippen LogP contribution >= 0.6 is 15.9 Å². The standard InChI is InChI=1S/C28H28BrN3O3/c1-3-32(2)17-19-6-12-22(13-7-19)30-27(20-9-4-18(5-10-20)8-15-25(33)34)26-23-14-11-21(29)16-24(23)31-28(26)35/h4-7,9-14,16,31,35H,3,8,15,17H2,1-2H3,(H,33,34). The number of aromatic hydroxyl groups is 1. The Labute approximate surface area is 213 Å². The van der Waals surface area contributed by atoms with E-state index < -0.39 is 5.97 Å². The molecule has 0 spiro atoms. The molecule has 180 valence electrons. The van der Waals surface area contributed by atoms with Gasteiger partial charge in [0.1, 0.15) is 0 Å². The first-order valence-electron chi connectivity index (χ1n) is 11.5. The van der Waals surface area contributed by atoms with Crippen molar-refractivity contribution in [2.75, 3.05) is 13.6 Å². The number of benzene rings is 3. The van der Waals surface area contributed by atoms with Crippen LogP contribution in [0.15, 0.2) is 76.2 Å². The molecule has 3 N–H and O–H groups in total. The van der Waals surface area contributed by atoms with E-state index in [0.29, 0.717) is 17.7 Å². The summed E-state index contributed by atoms with van der Waals surface area (Å²) in [6, 6.07) is 21.6. The molecule has 0 amide bonds. The number of aliphatic carboxylic acids is 1. The summed E-state index contributed by atoms with van der Waals surface area (Å²) >= 11 is 3.49. The summed E-state index contributed by atoms with van der Waals surface area (Å²) in [5, 5.41) is 20.7. The van der Waals surface area contributed by atoms with Gasteiger partial charge in [0, 0.05) is 28.4 Å². The van der Waals surface area contributed by atoms with Crippen LogP contribution in [0, 0.1) is 0 Å². The third kappa shape index (κ3) is 5.99. The molecule has 0 saturated carbocycles. The van der Waals surface area contributed by atoms with Gasteiger partial charge in [-0.05, 0) is 55.4 Å². The molecule has 7 heteroatoms. The van der Waals surface area contributed by atoms with Crippen molar-refractivity contribution in [1.82, 2.24) is 9.88 Å². The Bertz CT molecular complexity index is 1360. The number of aliphatic imine (C=N–C) groups is 1. The SMILES string of the molecule is CCN(C)Cc1ccc(N=C(c2ccc(CCC(=O)O)cc2)c2c(O)[nH]c3cc(Br)ccc23)cc1. The van der Waals surface area contributed by atoms with Gasteiger partial charge < -0.3 is 20.1 Å². The molecule has 6 nitrogen and oxygen atoms in total. The maximum atomic E-state index is 10.9. The topological polar surface area (TPSA) is 88.9 Å². The minimum Gasteiger partial charge on any atom is -0.494 e. The van der Waals surface area contributed by atoms with Crippen LogP contribution in [0.4, 0.5) is 5.69 Å². The van der Waals surface area contributed by atoms with Gasteiger partial charge in [0.25, 0.3) is 0 Å². The fourth-order valence-electron chi connectivity index (χ4n) is 3.97. The van der Waals surface area contributed by atoms with Crippen LogP contribution in [0.5, 0.6) is 5.88 Å². The Morgan fingerprint density at radius 2 is 1.71 bits per heavy atom. The average molecular weight is 534 g/mol. The van der Waals surface area contributed by atoms with E-state index in [9.17, 15) is 9.90 Å². The molecule has 0 fully saturated rings. The Morgan fingerprint density at radius 1 is 1.03 bits per heavy atom. The van der Waals surface area contributed by atoms with Crippen LogP contribution in [0.3, 0.4) is 0 Å². The number of hydrogen-bond donors (Lipinski definition) is 3. The van der Waals surface area contributed by atoms with E-state index in [0.717, 1.165) is 45.3 Å². The summed E-state index contributed by atoms with van der Waals surface area (Å²) in [6.07, 6.45) is 0.542. The van der Waals surface area contributed by atoms with E-state index in [4.69, 9.17) is 10.1 Å².